The van der Waals surface area contributed by atoms with Crippen molar-refractivity contribution < 1.29 is 22.7 Å². The van der Waals surface area contributed by atoms with Gasteiger partial charge in [0.2, 0.25) is 10.3 Å². The van der Waals surface area contributed by atoms with Gasteiger partial charge < -0.3 is 14.8 Å². The van der Waals surface area contributed by atoms with Gasteiger partial charge in [-0.1, -0.05) is 6.07 Å². The molecule has 2 amide bonds. The molecule has 2 aliphatic rings. The maximum atomic E-state index is 12.6. The predicted molar refractivity (Wildman–Crippen MR) is 109 cm³/mol. The fraction of sp³-hybridized carbons (Fsp3) is 0.450. The number of benzene rings is 1. The highest BCUT2D eigenvalue weighted by atomic mass is 35.5. The summed E-state index contributed by atoms with van der Waals surface area (Å²) < 4.78 is 32.2. The highest BCUT2D eigenvalue weighted by molar-refractivity contribution is 7.89. The summed E-state index contributed by atoms with van der Waals surface area (Å²) >= 11 is 5.91. The molecule has 4 rings (SSSR count). The molecular weight excluding hydrogens is 416 g/mol. The maximum Gasteiger partial charge on any atom is 0.333 e. The number of nitrogens with one attached hydrogen (secondary N) is 2. The number of hydrogen-bond donors (Lipinski definition) is 3. The van der Waals surface area contributed by atoms with Gasteiger partial charge in [0.05, 0.1) is 5.60 Å². The van der Waals surface area contributed by atoms with E-state index in [4.69, 9.17) is 16.0 Å². The summed E-state index contributed by atoms with van der Waals surface area (Å²) in [4.78, 5) is 12.6. The van der Waals surface area contributed by atoms with E-state index in [-0.39, 0.29) is 10.8 Å². The molecule has 3 N–H and O–H groups in total. The van der Waals surface area contributed by atoms with Gasteiger partial charge in [-0.2, -0.15) is 8.42 Å². The van der Waals surface area contributed by atoms with Gasteiger partial charge in [0.1, 0.15) is 0 Å². The summed E-state index contributed by atoms with van der Waals surface area (Å²) in [5, 5.41) is 12.1. The Hall–Kier alpha value is -2.03. The van der Waals surface area contributed by atoms with Gasteiger partial charge in [-0.15, -0.1) is 0 Å². The van der Waals surface area contributed by atoms with Gasteiger partial charge in [0.25, 0.3) is 10.0 Å². The smallest absolute Gasteiger partial charge is 0.333 e. The van der Waals surface area contributed by atoms with Crippen molar-refractivity contribution in [2.24, 2.45) is 0 Å². The molecule has 0 bridgehead atoms. The van der Waals surface area contributed by atoms with E-state index in [1.807, 2.05) is 4.72 Å². The number of halogens is 1. The number of furan rings is 1. The molecule has 2 aromatic rings. The van der Waals surface area contributed by atoms with Crippen molar-refractivity contribution in [2.75, 3.05) is 5.32 Å². The largest absolute Gasteiger partial charge is 0.431 e. The Morgan fingerprint density at radius 2 is 1.69 bits per heavy atom. The zero-order chi connectivity index (χ0) is 21.0. The first-order valence-corrected chi connectivity index (χ1v) is 11.4. The Morgan fingerprint density at radius 1 is 1.10 bits per heavy atom. The summed E-state index contributed by atoms with van der Waals surface area (Å²) in [7, 11) is -4.29. The number of aryl methyl sites for hydroxylation is 2. The molecule has 1 aromatic carbocycles. The van der Waals surface area contributed by atoms with Crippen LogP contribution in [-0.2, 0) is 41.3 Å². The molecule has 0 spiro atoms. The summed E-state index contributed by atoms with van der Waals surface area (Å²) in [6, 6.07) is 2.50. The zero-order valence-corrected chi connectivity index (χ0v) is 17.8. The number of sulfonamides is 1. The highest BCUT2D eigenvalue weighted by Crippen LogP contribution is 2.38. The van der Waals surface area contributed by atoms with Crippen LogP contribution in [0.4, 0.5) is 10.5 Å². The van der Waals surface area contributed by atoms with Crippen molar-refractivity contribution in [1.82, 2.24) is 4.72 Å². The van der Waals surface area contributed by atoms with Crippen molar-refractivity contribution in [2.45, 2.75) is 63.1 Å². The van der Waals surface area contributed by atoms with Crippen molar-refractivity contribution in [3.05, 3.63) is 45.2 Å². The molecule has 0 saturated heterocycles. The molecule has 9 heteroatoms. The van der Waals surface area contributed by atoms with E-state index in [1.54, 1.807) is 0 Å². The van der Waals surface area contributed by atoms with Crippen LogP contribution in [0, 0.1) is 0 Å². The van der Waals surface area contributed by atoms with Crippen LogP contribution >= 0.6 is 11.6 Å². The van der Waals surface area contributed by atoms with E-state index < -0.39 is 26.7 Å². The van der Waals surface area contributed by atoms with E-state index in [2.05, 4.69) is 11.4 Å². The number of fused-ring (bicyclic) bond motifs is 2. The van der Waals surface area contributed by atoms with Gasteiger partial charge in [-0.25, -0.2) is 9.52 Å². The van der Waals surface area contributed by atoms with E-state index in [1.165, 1.54) is 25.0 Å². The van der Waals surface area contributed by atoms with Crippen LogP contribution in [0.1, 0.15) is 54.5 Å². The maximum absolute atomic E-state index is 12.6. The lowest BCUT2D eigenvalue weighted by Gasteiger charge is -2.16. The summed E-state index contributed by atoms with van der Waals surface area (Å²) in [5.74, 6) is 0. The topological polar surface area (TPSA) is 109 Å². The number of aliphatic hydroxyl groups is 1. The number of carbonyl (C=O) groups is 1. The SMILES string of the molecule is CC(C)(O)c1cc(S(=O)(=O)NC(=O)Nc2c3c(cc4c2CCC4)CCC3)oc1Cl. The van der Waals surface area contributed by atoms with Crippen LogP contribution < -0.4 is 10.0 Å². The fourth-order valence-electron chi connectivity index (χ4n) is 4.18. The quantitative estimate of drug-likeness (QED) is 0.675. The molecular formula is C20H23ClN2O5S. The molecule has 7 nitrogen and oxygen atoms in total. The third-order valence-corrected chi connectivity index (χ3v) is 6.99. The van der Waals surface area contributed by atoms with Crippen molar-refractivity contribution >= 4 is 33.3 Å². The second-order valence-corrected chi connectivity index (χ2v) is 10.1. The lowest BCUT2D eigenvalue weighted by Crippen LogP contribution is -2.34. The van der Waals surface area contributed by atoms with Gasteiger partial charge in [-0.3, -0.25) is 0 Å². The highest BCUT2D eigenvalue weighted by Gasteiger charge is 2.31. The zero-order valence-electron chi connectivity index (χ0n) is 16.3. The summed E-state index contributed by atoms with van der Waals surface area (Å²) in [6.07, 6.45) is 5.74. The van der Waals surface area contributed by atoms with E-state index >= 15 is 0 Å². The lowest BCUT2D eigenvalue weighted by atomic mass is 9.99. The predicted octanol–water partition coefficient (Wildman–Crippen LogP) is 3.65. The van der Waals surface area contributed by atoms with Crippen LogP contribution in [0.25, 0.3) is 0 Å². The Bertz CT molecular complexity index is 1070. The van der Waals surface area contributed by atoms with Crippen LogP contribution in [0.5, 0.6) is 0 Å². The average molecular weight is 439 g/mol. The number of carbonyl (C=O) groups excluding carboxylic acids is 1. The van der Waals surface area contributed by atoms with E-state index in [0.29, 0.717) is 0 Å². The first-order valence-electron chi connectivity index (χ1n) is 9.59. The minimum absolute atomic E-state index is 0.124. The van der Waals surface area contributed by atoms with E-state index in [9.17, 15) is 18.3 Å². The average Bonchev–Trinajstić information content (AvgIpc) is 3.31. The molecule has 0 fully saturated rings. The number of urea groups is 1. The number of rotatable bonds is 4. The molecule has 1 heterocycles. The standard InChI is InChI=1S/C20H23ClN2O5S/c1-20(2,25)15-10-16(28-18(15)21)29(26,27)23-19(24)22-17-13-7-3-5-11(13)9-12-6-4-8-14(12)17/h9-10,25H,3-8H2,1-2H3,(H2,22,23,24). The van der Waals surface area contributed by atoms with Gasteiger partial charge in [-0.05, 0) is 86.2 Å². The van der Waals surface area contributed by atoms with Gasteiger partial charge in [0, 0.05) is 17.3 Å². The minimum atomic E-state index is -4.29. The van der Waals surface area contributed by atoms with Crippen LogP contribution in [-0.4, -0.2) is 19.6 Å². The Kier molecular flexibility index (Phi) is 4.91. The van der Waals surface area contributed by atoms with Gasteiger partial charge >= 0.3 is 6.03 Å². The van der Waals surface area contributed by atoms with Gasteiger partial charge in [0.15, 0.2) is 0 Å². The lowest BCUT2D eigenvalue weighted by molar-refractivity contribution is 0.0781. The third-order valence-electron chi connectivity index (χ3n) is 5.53. The summed E-state index contributed by atoms with van der Waals surface area (Å²) in [5.41, 5.74) is 4.15. The van der Waals surface area contributed by atoms with Crippen LogP contribution in [0.15, 0.2) is 21.6 Å². The van der Waals surface area contributed by atoms with Crippen LogP contribution in [0.3, 0.4) is 0 Å². The molecule has 0 unspecified atom stereocenters. The first kappa shape index (κ1) is 20.3. The molecule has 2 aliphatic carbocycles. The fourth-order valence-corrected chi connectivity index (χ4v) is 5.45. The van der Waals surface area contributed by atoms with E-state index in [0.717, 1.165) is 61.4 Å². The second-order valence-electron chi connectivity index (χ2n) is 8.11. The monoisotopic (exact) mass is 438 g/mol. The molecule has 1 aromatic heterocycles. The number of amides is 2. The van der Waals surface area contributed by atoms with Crippen molar-refractivity contribution in [3.63, 3.8) is 0 Å². The molecule has 29 heavy (non-hydrogen) atoms. The first-order chi connectivity index (χ1) is 13.6. The van der Waals surface area contributed by atoms with Crippen molar-refractivity contribution in [1.29, 1.82) is 0 Å². The van der Waals surface area contributed by atoms with Crippen LogP contribution in [0.2, 0.25) is 5.22 Å². The second kappa shape index (κ2) is 7.04. The molecule has 0 aliphatic heterocycles. The minimum Gasteiger partial charge on any atom is -0.431 e. The Balaban J connectivity index is 1.58. The Labute approximate surface area is 174 Å². The summed E-state index contributed by atoms with van der Waals surface area (Å²) in [6.45, 7) is 2.91. The number of hydrogen-bond acceptors (Lipinski definition) is 5. The molecule has 0 saturated carbocycles. The normalized spacial score (nSPS) is 15.9. The third kappa shape index (κ3) is 3.76. The molecule has 0 radical (unpaired) electrons. The molecule has 156 valence electrons. The Morgan fingerprint density at radius 3 is 2.21 bits per heavy atom. The van der Waals surface area contributed by atoms with Crippen molar-refractivity contribution in [3.8, 4) is 0 Å². The molecule has 0 atom stereocenters. The number of anilines is 1.